The number of fused-ring (bicyclic) bond motifs is 1. The van der Waals surface area contributed by atoms with Gasteiger partial charge in [0.15, 0.2) is 17.2 Å². The summed E-state index contributed by atoms with van der Waals surface area (Å²) in [4.78, 5) is 12.4. The van der Waals surface area contributed by atoms with Crippen LogP contribution in [0.5, 0.6) is 11.5 Å². The molecule has 1 aliphatic carbocycles. The number of methoxy groups -OCH3 is 2. The minimum absolute atomic E-state index is 0.167. The summed E-state index contributed by atoms with van der Waals surface area (Å²) in [5.74, 6) is 2.64. The van der Waals surface area contributed by atoms with Crippen LogP contribution in [0.2, 0.25) is 0 Å². The molecule has 1 atom stereocenters. The molecule has 1 aromatic carbocycles. The van der Waals surface area contributed by atoms with Gasteiger partial charge < -0.3 is 19.3 Å². The Morgan fingerprint density at radius 2 is 2.12 bits per heavy atom. The Kier molecular flexibility index (Phi) is 5.26. The molecule has 0 saturated heterocycles. The van der Waals surface area contributed by atoms with Crippen LogP contribution in [-0.2, 0) is 19.3 Å². The molecule has 6 heteroatoms. The molecular weight excluding hydrogens is 320 g/mol. The smallest absolute Gasteiger partial charge is 0.273 e. The fourth-order valence-electron chi connectivity index (χ4n) is 3.20. The van der Waals surface area contributed by atoms with Crippen LogP contribution in [-0.4, -0.2) is 31.8 Å². The Hall–Kier alpha value is -2.50. The van der Waals surface area contributed by atoms with Gasteiger partial charge in [-0.15, -0.1) is 0 Å². The summed E-state index contributed by atoms with van der Waals surface area (Å²) in [5, 5.41) is 6.92. The number of ether oxygens (including phenoxy) is 2. The molecule has 6 nitrogen and oxygen atoms in total. The number of nitrogens with zero attached hydrogens (tertiary/aromatic N) is 1. The third-order valence-electron chi connectivity index (χ3n) is 4.65. The molecule has 0 unspecified atom stereocenters. The Morgan fingerprint density at radius 1 is 1.32 bits per heavy atom. The van der Waals surface area contributed by atoms with Crippen molar-refractivity contribution in [3.05, 3.63) is 40.8 Å². The number of amides is 1. The van der Waals surface area contributed by atoms with Crippen LogP contribution < -0.4 is 14.8 Å². The van der Waals surface area contributed by atoms with Gasteiger partial charge in [0.2, 0.25) is 0 Å². The van der Waals surface area contributed by atoms with Crippen molar-refractivity contribution in [3.63, 3.8) is 0 Å². The summed E-state index contributed by atoms with van der Waals surface area (Å²) in [6.45, 7) is 2.71. The number of hydrogen-bond acceptors (Lipinski definition) is 5. The van der Waals surface area contributed by atoms with Gasteiger partial charge in [0.05, 0.1) is 14.2 Å². The molecule has 0 radical (unpaired) electrons. The summed E-state index contributed by atoms with van der Waals surface area (Å²) in [6.07, 6.45) is 3.50. The van der Waals surface area contributed by atoms with Gasteiger partial charge in [-0.2, -0.15) is 0 Å². The first-order valence-electron chi connectivity index (χ1n) is 8.59. The number of aryl methyl sites for hydroxylation is 1. The minimum atomic E-state index is -0.167. The van der Waals surface area contributed by atoms with Gasteiger partial charge in [-0.3, -0.25) is 4.79 Å². The summed E-state index contributed by atoms with van der Waals surface area (Å²) >= 11 is 0. The first kappa shape index (κ1) is 17.3. The monoisotopic (exact) mass is 344 g/mol. The van der Waals surface area contributed by atoms with E-state index in [-0.39, 0.29) is 5.91 Å². The Balaban J connectivity index is 1.59. The zero-order chi connectivity index (χ0) is 17.8. The molecule has 0 spiro atoms. The number of benzene rings is 1. The highest BCUT2D eigenvalue weighted by molar-refractivity contribution is 5.93. The van der Waals surface area contributed by atoms with E-state index in [9.17, 15) is 4.79 Å². The van der Waals surface area contributed by atoms with Gasteiger partial charge in [-0.05, 0) is 42.9 Å². The lowest BCUT2D eigenvalue weighted by molar-refractivity contribution is 0.0944. The van der Waals surface area contributed by atoms with Crippen molar-refractivity contribution >= 4 is 5.91 Å². The van der Waals surface area contributed by atoms with Crippen LogP contribution >= 0.6 is 0 Å². The van der Waals surface area contributed by atoms with E-state index in [2.05, 4.69) is 17.4 Å². The fourth-order valence-corrected chi connectivity index (χ4v) is 3.20. The lowest BCUT2D eigenvalue weighted by Crippen LogP contribution is -2.27. The molecule has 1 aliphatic rings. The number of hydrogen-bond donors (Lipinski definition) is 1. The third kappa shape index (κ3) is 3.78. The predicted octanol–water partition coefficient (Wildman–Crippen LogP) is 2.79. The molecular formula is C19H24N2O4. The average Bonchev–Trinajstić information content (AvgIpc) is 3.04. The maximum absolute atomic E-state index is 12.4. The molecule has 3 rings (SSSR count). The second kappa shape index (κ2) is 7.59. The van der Waals surface area contributed by atoms with Crippen molar-refractivity contribution < 1.29 is 18.8 Å². The van der Waals surface area contributed by atoms with Crippen LogP contribution in [0.15, 0.2) is 22.7 Å². The first-order valence-corrected chi connectivity index (χ1v) is 8.59. The third-order valence-corrected chi connectivity index (χ3v) is 4.65. The van der Waals surface area contributed by atoms with Gasteiger partial charge in [-0.25, -0.2) is 0 Å². The summed E-state index contributed by atoms with van der Waals surface area (Å²) in [5.41, 5.74) is 2.48. The molecule has 134 valence electrons. The normalized spacial score (nSPS) is 16.2. The molecule has 0 bridgehead atoms. The molecule has 0 saturated carbocycles. The van der Waals surface area contributed by atoms with E-state index in [4.69, 9.17) is 14.0 Å². The van der Waals surface area contributed by atoms with E-state index in [0.29, 0.717) is 36.1 Å². The molecule has 1 N–H and O–H groups in total. The van der Waals surface area contributed by atoms with E-state index in [1.165, 1.54) is 0 Å². The van der Waals surface area contributed by atoms with Crippen molar-refractivity contribution in [2.75, 3.05) is 20.8 Å². The number of carbonyl (C=O) groups is 1. The van der Waals surface area contributed by atoms with E-state index in [0.717, 1.165) is 36.1 Å². The standard InChI is InChI=1S/C19H24N2O4/c1-12-4-6-15-14(10-12)18(21-25-15)19(22)20-9-8-13-5-7-16(23-2)17(11-13)24-3/h5,7,11-12H,4,6,8-10H2,1-3H3,(H,20,22)/t12-/m1/s1. The van der Waals surface area contributed by atoms with Crippen molar-refractivity contribution in [3.8, 4) is 11.5 Å². The highest BCUT2D eigenvalue weighted by atomic mass is 16.5. The first-order chi connectivity index (χ1) is 12.1. The molecule has 1 heterocycles. The van der Waals surface area contributed by atoms with Gasteiger partial charge in [0.25, 0.3) is 5.91 Å². The number of carbonyl (C=O) groups excluding carboxylic acids is 1. The SMILES string of the molecule is COc1ccc(CCNC(=O)c2noc3c2C[C@H](C)CC3)cc1OC. The average molecular weight is 344 g/mol. The van der Waals surface area contributed by atoms with Crippen molar-refractivity contribution in [1.82, 2.24) is 10.5 Å². The van der Waals surface area contributed by atoms with Crippen LogP contribution in [0.25, 0.3) is 0 Å². The maximum Gasteiger partial charge on any atom is 0.273 e. The summed E-state index contributed by atoms with van der Waals surface area (Å²) in [6, 6.07) is 5.75. The Bertz CT molecular complexity index is 754. The Labute approximate surface area is 147 Å². The summed E-state index contributed by atoms with van der Waals surface area (Å²) in [7, 11) is 3.22. The van der Waals surface area contributed by atoms with Gasteiger partial charge in [0, 0.05) is 18.5 Å². The van der Waals surface area contributed by atoms with E-state index in [1.54, 1.807) is 14.2 Å². The molecule has 2 aromatic rings. The zero-order valence-electron chi connectivity index (χ0n) is 14.9. The van der Waals surface area contributed by atoms with Gasteiger partial charge in [0.1, 0.15) is 5.76 Å². The number of nitrogens with one attached hydrogen (secondary N) is 1. The highest BCUT2D eigenvalue weighted by Crippen LogP contribution is 2.28. The van der Waals surface area contributed by atoms with Crippen LogP contribution in [0.1, 0.15) is 40.7 Å². The lowest BCUT2D eigenvalue weighted by atomic mass is 9.88. The highest BCUT2D eigenvalue weighted by Gasteiger charge is 2.26. The van der Waals surface area contributed by atoms with Gasteiger partial charge in [-0.1, -0.05) is 18.1 Å². The number of rotatable bonds is 6. The summed E-state index contributed by atoms with van der Waals surface area (Å²) < 4.78 is 15.9. The quantitative estimate of drug-likeness (QED) is 0.872. The van der Waals surface area contributed by atoms with Crippen LogP contribution in [0.4, 0.5) is 0 Å². The van der Waals surface area contributed by atoms with Crippen molar-refractivity contribution in [2.24, 2.45) is 5.92 Å². The lowest BCUT2D eigenvalue weighted by Gasteiger charge is -2.16. The van der Waals surface area contributed by atoms with E-state index >= 15 is 0 Å². The number of aromatic nitrogens is 1. The molecule has 25 heavy (non-hydrogen) atoms. The fraction of sp³-hybridized carbons (Fsp3) is 0.474. The second-order valence-electron chi connectivity index (χ2n) is 6.48. The van der Waals surface area contributed by atoms with Crippen molar-refractivity contribution in [2.45, 2.75) is 32.6 Å². The van der Waals surface area contributed by atoms with E-state index in [1.807, 2.05) is 18.2 Å². The minimum Gasteiger partial charge on any atom is -0.493 e. The van der Waals surface area contributed by atoms with Crippen LogP contribution in [0.3, 0.4) is 0 Å². The largest absolute Gasteiger partial charge is 0.493 e. The Morgan fingerprint density at radius 3 is 2.88 bits per heavy atom. The van der Waals surface area contributed by atoms with Crippen molar-refractivity contribution in [1.29, 1.82) is 0 Å². The van der Waals surface area contributed by atoms with E-state index < -0.39 is 0 Å². The maximum atomic E-state index is 12.4. The molecule has 0 aliphatic heterocycles. The predicted molar refractivity (Wildman–Crippen MR) is 93.3 cm³/mol. The zero-order valence-corrected chi connectivity index (χ0v) is 14.9. The molecule has 0 fully saturated rings. The topological polar surface area (TPSA) is 73.6 Å². The molecule has 1 amide bonds. The second-order valence-corrected chi connectivity index (χ2v) is 6.48. The van der Waals surface area contributed by atoms with Gasteiger partial charge >= 0.3 is 0 Å². The van der Waals surface area contributed by atoms with Crippen LogP contribution in [0, 0.1) is 5.92 Å². The molecule has 1 aromatic heterocycles.